The van der Waals surface area contributed by atoms with E-state index in [1.165, 1.54) is 0 Å². The third-order valence-electron chi connectivity index (χ3n) is 2.57. The fourth-order valence-corrected chi connectivity index (χ4v) is 1.65. The van der Waals surface area contributed by atoms with Crippen molar-refractivity contribution in [3.8, 4) is 0 Å². The van der Waals surface area contributed by atoms with E-state index in [2.05, 4.69) is 10.5 Å². The molecule has 1 aliphatic rings. The molecule has 6 heteroatoms. The van der Waals surface area contributed by atoms with E-state index in [0.29, 0.717) is 25.5 Å². The Balaban J connectivity index is 1.83. The number of hydrogen-bond donors (Lipinski definition) is 2. The number of nitrogens with two attached hydrogens (primary N) is 1. The molecule has 1 aromatic heterocycles. The van der Waals surface area contributed by atoms with Crippen LogP contribution in [0, 0.1) is 12.8 Å². The summed E-state index contributed by atoms with van der Waals surface area (Å²) in [6.45, 7) is 3.00. The summed E-state index contributed by atoms with van der Waals surface area (Å²) in [5.41, 5.74) is 6.53. The lowest BCUT2D eigenvalue weighted by Gasteiger charge is -2.12. The van der Waals surface area contributed by atoms with Crippen molar-refractivity contribution in [1.82, 2.24) is 10.5 Å². The van der Waals surface area contributed by atoms with Gasteiger partial charge in [-0.2, -0.15) is 0 Å². The largest absolute Gasteiger partial charge is 0.379 e. The first-order valence-electron chi connectivity index (χ1n) is 5.20. The van der Waals surface area contributed by atoms with Gasteiger partial charge < -0.3 is 20.3 Å². The Morgan fingerprint density at radius 3 is 3.06 bits per heavy atom. The van der Waals surface area contributed by atoms with Crippen LogP contribution in [0.1, 0.15) is 11.5 Å². The lowest BCUT2D eigenvalue weighted by atomic mass is 10.0. The smallest absolute Gasteiger partial charge is 0.227 e. The van der Waals surface area contributed by atoms with Crippen LogP contribution in [0.15, 0.2) is 10.6 Å². The summed E-state index contributed by atoms with van der Waals surface area (Å²) >= 11 is 0. The highest BCUT2D eigenvalue weighted by Crippen LogP contribution is 2.12. The molecule has 0 saturated carbocycles. The van der Waals surface area contributed by atoms with Crippen LogP contribution in [-0.4, -0.2) is 30.3 Å². The summed E-state index contributed by atoms with van der Waals surface area (Å²) in [5, 5.41) is 6.48. The van der Waals surface area contributed by atoms with E-state index in [1.54, 1.807) is 6.07 Å². The second-order valence-electron chi connectivity index (χ2n) is 3.96. The van der Waals surface area contributed by atoms with Crippen molar-refractivity contribution in [2.24, 2.45) is 11.7 Å². The van der Waals surface area contributed by atoms with Crippen molar-refractivity contribution in [1.29, 1.82) is 0 Å². The van der Waals surface area contributed by atoms with Gasteiger partial charge in [0.15, 0.2) is 5.76 Å². The number of aryl methyl sites for hydroxylation is 1. The third-order valence-corrected chi connectivity index (χ3v) is 2.57. The van der Waals surface area contributed by atoms with Crippen LogP contribution < -0.4 is 11.1 Å². The molecule has 0 aromatic carbocycles. The van der Waals surface area contributed by atoms with Crippen molar-refractivity contribution in [3.05, 3.63) is 17.5 Å². The van der Waals surface area contributed by atoms with Gasteiger partial charge in [-0.25, -0.2) is 0 Å². The van der Waals surface area contributed by atoms with E-state index < -0.39 is 0 Å². The maximum atomic E-state index is 11.7. The molecule has 1 aliphatic heterocycles. The topological polar surface area (TPSA) is 90.4 Å². The molecule has 6 nitrogen and oxygen atoms in total. The normalized spacial score (nSPS) is 24.6. The minimum absolute atomic E-state index is 0.0981. The average molecular weight is 225 g/mol. The molecule has 0 aliphatic carbocycles. The van der Waals surface area contributed by atoms with Crippen LogP contribution in [0.2, 0.25) is 0 Å². The molecule has 2 unspecified atom stereocenters. The van der Waals surface area contributed by atoms with Crippen LogP contribution in [-0.2, 0) is 16.1 Å². The van der Waals surface area contributed by atoms with Gasteiger partial charge in [0.1, 0.15) is 0 Å². The standard InChI is InChI=1S/C10H15N3O3/c1-6-2-7(16-13-6)3-12-10(14)8-4-15-5-9(8)11/h2,8-9H,3-5,11H2,1H3,(H,12,14). The van der Waals surface area contributed by atoms with Crippen molar-refractivity contribution in [2.75, 3.05) is 13.2 Å². The van der Waals surface area contributed by atoms with Gasteiger partial charge in [0.25, 0.3) is 0 Å². The van der Waals surface area contributed by atoms with Gasteiger partial charge in [0.05, 0.1) is 31.4 Å². The monoisotopic (exact) mass is 225 g/mol. The summed E-state index contributed by atoms with van der Waals surface area (Å²) in [6.07, 6.45) is 0. The van der Waals surface area contributed by atoms with Gasteiger partial charge in [-0.15, -0.1) is 0 Å². The lowest BCUT2D eigenvalue weighted by Crippen LogP contribution is -2.40. The molecule has 2 atom stereocenters. The molecule has 88 valence electrons. The summed E-state index contributed by atoms with van der Waals surface area (Å²) < 4.78 is 10.1. The van der Waals surface area contributed by atoms with E-state index in [-0.39, 0.29) is 17.9 Å². The lowest BCUT2D eigenvalue weighted by molar-refractivity contribution is -0.125. The Hall–Kier alpha value is -1.40. The zero-order chi connectivity index (χ0) is 11.5. The van der Waals surface area contributed by atoms with Crippen LogP contribution in [0.3, 0.4) is 0 Å². The Kier molecular flexibility index (Phi) is 3.21. The van der Waals surface area contributed by atoms with Gasteiger partial charge in [-0.3, -0.25) is 4.79 Å². The van der Waals surface area contributed by atoms with Crippen molar-refractivity contribution >= 4 is 5.91 Å². The molecule has 1 saturated heterocycles. The van der Waals surface area contributed by atoms with Crippen LogP contribution in [0.5, 0.6) is 0 Å². The predicted octanol–water partition coefficient (Wildman–Crippen LogP) is -0.427. The van der Waals surface area contributed by atoms with E-state index in [4.69, 9.17) is 15.0 Å². The molecule has 1 amide bonds. The molecule has 16 heavy (non-hydrogen) atoms. The average Bonchev–Trinajstić information content (AvgIpc) is 2.84. The van der Waals surface area contributed by atoms with Gasteiger partial charge in [-0.1, -0.05) is 5.16 Å². The minimum Gasteiger partial charge on any atom is -0.379 e. The number of nitrogens with zero attached hydrogens (tertiary/aromatic N) is 1. The Bertz CT molecular complexity index is 377. The molecule has 0 bridgehead atoms. The number of aromatic nitrogens is 1. The second-order valence-corrected chi connectivity index (χ2v) is 3.96. The zero-order valence-electron chi connectivity index (χ0n) is 9.10. The summed E-state index contributed by atoms with van der Waals surface area (Å²) in [6, 6.07) is 1.57. The summed E-state index contributed by atoms with van der Waals surface area (Å²) in [5.74, 6) is 0.279. The third kappa shape index (κ3) is 2.40. The number of carbonyl (C=O) groups is 1. The van der Waals surface area contributed by atoms with Crippen molar-refractivity contribution in [2.45, 2.75) is 19.5 Å². The number of hydrogen-bond acceptors (Lipinski definition) is 5. The quantitative estimate of drug-likeness (QED) is 0.728. The zero-order valence-corrected chi connectivity index (χ0v) is 9.10. The Labute approximate surface area is 93.1 Å². The van der Waals surface area contributed by atoms with Gasteiger partial charge >= 0.3 is 0 Å². The second kappa shape index (κ2) is 4.63. The Morgan fingerprint density at radius 2 is 2.50 bits per heavy atom. The highest BCUT2D eigenvalue weighted by Gasteiger charge is 2.31. The van der Waals surface area contributed by atoms with Crippen molar-refractivity contribution < 1.29 is 14.1 Å². The van der Waals surface area contributed by atoms with Gasteiger partial charge in [0.2, 0.25) is 5.91 Å². The molecule has 2 heterocycles. The van der Waals surface area contributed by atoms with Gasteiger partial charge in [0, 0.05) is 12.1 Å². The van der Waals surface area contributed by atoms with Crippen LogP contribution in [0.4, 0.5) is 0 Å². The first-order chi connectivity index (χ1) is 7.66. The van der Waals surface area contributed by atoms with Gasteiger partial charge in [-0.05, 0) is 6.92 Å². The van der Waals surface area contributed by atoms with Crippen LogP contribution in [0.25, 0.3) is 0 Å². The number of carbonyl (C=O) groups excluding carboxylic acids is 1. The number of nitrogens with one attached hydrogen (secondary N) is 1. The molecule has 1 fully saturated rings. The molecular formula is C10H15N3O3. The van der Waals surface area contributed by atoms with Crippen molar-refractivity contribution in [3.63, 3.8) is 0 Å². The first kappa shape index (κ1) is 11.1. The fraction of sp³-hybridized carbons (Fsp3) is 0.600. The summed E-state index contributed by atoms with van der Waals surface area (Å²) in [7, 11) is 0. The van der Waals surface area contributed by atoms with E-state index >= 15 is 0 Å². The number of rotatable bonds is 3. The molecular weight excluding hydrogens is 210 g/mol. The maximum Gasteiger partial charge on any atom is 0.227 e. The van der Waals surface area contributed by atoms with Crippen LogP contribution >= 0.6 is 0 Å². The fourth-order valence-electron chi connectivity index (χ4n) is 1.65. The number of amides is 1. The van der Waals surface area contributed by atoms with E-state index in [0.717, 1.165) is 5.69 Å². The highest BCUT2D eigenvalue weighted by atomic mass is 16.5. The molecule has 3 N–H and O–H groups in total. The number of ether oxygens (including phenoxy) is 1. The predicted molar refractivity (Wildman–Crippen MR) is 55.4 cm³/mol. The molecule has 0 spiro atoms. The summed E-state index contributed by atoms with van der Waals surface area (Å²) in [4.78, 5) is 11.7. The molecule has 0 radical (unpaired) electrons. The maximum absolute atomic E-state index is 11.7. The molecule has 2 rings (SSSR count). The van der Waals surface area contributed by atoms with E-state index in [1.807, 2.05) is 6.92 Å². The molecule has 1 aromatic rings. The SMILES string of the molecule is Cc1cc(CNC(=O)C2COCC2N)on1. The first-order valence-corrected chi connectivity index (χ1v) is 5.20. The highest BCUT2D eigenvalue weighted by molar-refractivity contribution is 5.79. The Morgan fingerprint density at radius 1 is 1.69 bits per heavy atom. The van der Waals surface area contributed by atoms with E-state index in [9.17, 15) is 4.79 Å². The minimum atomic E-state index is -0.260.